The lowest BCUT2D eigenvalue weighted by Crippen LogP contribution is -2.21. The van der Waals surface area contributed by atoms with E-state index in [-0.39, 0.29) is 0 Å². The predicted molar refractivity (Wildman–Crippen MR) is 66.9 cm³/mol. The maximum absolute atomic E-state index is 5.73. The second-order valence-electron chi connectivity index (χ2n) is 3.75. The summed E-state index contributed by atoms with van der Waals surface area (Å²) in [4.78, 5) is 6.39. The molecule has 5 nitrogen and oxygen atoms in total. The second-order valence-corrected chi connectivity index (χ2v) is 3.75. The summed E-state index contributed by atoms with van der Waals surface area (Å²) in [5.41, 5.74) is 6.30. The van der Waals surface area contributed by atoms with E-state index in [4.69, 9.17) is 10.5 Å². The van der Waals surface area contributed by atoms with E-state index in [1.165, 1.54) is 0 Å². The molecule has 3 N–H and O–H groups in total. The highest BCUT2D eigenvalue weighted by molar-refractivity contribution is 5.53. The molecule has 0 spiro atoms. The van der Waals surface area contributed by atoms with Gasteiger partial charge < -0.3 is 20.7 Å². The first kappa shape index (κ1) is 12.6. The topological polar surface area (TPSA) is 63.4 Å². The van der Waals surface area contributed by atoms with Crippen LogP contribution in [0.25, 0.3) is 0 Å². The maximum atomic E-state index is 5.73. The van der Waals surface area contributed by atoms with Gasteiger partial charge in [0.15, 0.2) is 0 Å². The summed E-state index contributed by atoms with van der Waals surface area (Å²) in [5, 5.41) is 3.21. The van der Waals surface area contributed by atoms with Gasteiger partial charge in [-0.3, -0.25) is 0 Å². The highest BCUT2D eigenvalue weighted by atomic mass is 16.5. The van der Waals surface area contributed by atoms with Crippen molar-refractivity contribution >= 4 is 11.5 Å². The minimum absolute atomic E-state index is 0.498. The summed E-state index contributed by atoms with van der Waals surface area (Å²) in [6, 6.07) is 3.66. The Kier molecular flexibility index (Phi) is 4.85. The summed E-state index contributed by atoms with van der Waals surface area (Å²) < 4.78 is 5.32. The number of ether oxygens (including phenoxy) is 1. The fourth-order valence-corrected chi connectivity index (χ4v) is 1.21. The third kappa shape index (κ3) is 3.94. The van der Waals surface area contributed by atoms with Gasteiger partial charge in [-0.2, -0.15) is 4.98 Å². The standard InChI is InChI=1S/C11H20N4O/c1-4-16-11-9(12)5-6-10(14-11)13-7-8-15(2)3/h5-6H,4,7-8,12H2,1-3H3,(H,13,14). The first-order valence-corrected chi connectivity index (χ1v) is 5.41. The van der Waals surface area contributed by atoms with Crippen molar-refractivity contribution in [2.45, 2.75) is 6.92 Å². The number of anilines is 2. The van der Waals surface area contributed by atoms with Gasteiger partial charge in [0.05, 0.1) is 12.3 Å². The van der Waals surface area contributed by atoms with E-state index in [1.807, 2.05) is 27.1 Å². The molecule has 0 fully saturated rings. The lowest BCUT2D eigenvalue weighted by molar-refractivity contribution is 0.329. The molecule has 0 saturated heterocycles. The predicted octanol–water partition coefficient (Wildman–Crippen LogP) is 1.04. The van der Waals surface area contributed by atoms with Gasteiger partial charge in [-0.25, -0.2) is 0 Å². The molecule has 0 aromatic carbocycles. The first-order valence-electron chi connectivity index (χ1n) is 5.41. The summed E-state index contributed by atoms with van der Waals surface area (Å²) in [5.74, 6) is 1.29. The van der Waals surface area contributed by atoms with Crippen molar-refractivity contribution in [1.29, 1.82) is 0 Å². The molecule has 5 heteroatoms. The average Bonchev–Trinajstić information content (AvgIpc) is 2.22. The van der Waals surface area contributed by atoms with Crippen molar-refractivity contribution in [3.8, 4) is 5.88 Å². The number of nitrogen functional groups attached to an aromatic ring is 1. The van der Waals surface area contributed by atoms with Crippen LogP contribution in [-0.4, -0.2) is 43.7 Å². The molecule has 0 aliphatic carbocycles. The van der Waals surface area contributed by atoms with Crippen LogP contribution in [0.3, 0.4) is 0 Å². The second kappa shape index (κ2) is 6.17. The van der Waals surface area contributed by atoms with Gasteiger partial charge in [-0.15, -0.1) is 0 Å². The highest BCUT2D eigenvalue weighted by Crippen LogP contribution is 2.20. The maximum Gasteiger partial charge on any atom is 0.239 e. The molecule has 0 saturated carbocycles. The Morgan fingerprint density at radius 1 is 1.44 bits per heavy atom. The van der Waals surface area contributed by atoms with Crippen LogP contribution in [0.5, 0.6) is 5.88 Å². The number of nitrogens with one attached hydrogen (secondary N) is 1. The lowest BCUT2D eigenvalue weighted by Gasteiger charge is -2.12. The molecule has 1 aromatic rings. The van der Waals surface area contributed by atoms with Crippen LogP contribution in [0.1, 0.15) is 6.92 Å². The Hall–Kier alpha value is -1.49. The molecule has 0 atom stereocenters. The van der Waals surface area contributed by atoms with Crippen LogP contribution < -0.4 is 15.8 Å². The number of rotatable bonds is 6. The van der Waals surface area contributed by atoms with Crippen LogP contribution in [0.2, 0.25) is 0 Å². The van der Waals surface area contributed by atoms with E-state index < -0.39 is 0 Å². The van der Waals surface area contributed by atoms with Crippen molar-refractivity contribution in [3.05, 3.63) is 12.1 Å². The fraction of sp³-hybridized carbons (Fsp3) is 0.545. The zero-order valence-corrected chi connectivity index (χ0v) is 10.2. The average molecular weight is 224 g/mol. The minimum Gasteiger partial charge on any atom is -0.476 e. The van der Waals surface area contributed by atoms with Crippen LogP contribution in [0.15, 0.2) is 12.1 Å². The molecular formula is C11H20N4O. The zero-order chi connectivity index (χ0) is 12.0. The normalized spacial score (nSPS) is 10.5. The van der Waals surface area contributed by atoms with Crippen molar-refractivity contribution in [2.24, 2.45) is 0 Å². The van der Waals surface area contributed by atoms with E-state index in [0.29, 0.717) is 18.2 Å². The van der Waals surface area contributed by atoms with Crippen molar-refractivity contribution in [3.63, 3.8) is 0 Å². The molecule has 0 bridgehead atoms. The summed E-state index contributed by atoms with van der Waals surface area (Å²) in [6.45, 7) is 4.27. The van der Waals surface area contributed by atoms with Gasteiger partial charge in [0.2, 0.25) is 5.88 Å². The number of nitrogens with zero attached hydrogens (tertiary/aromatic N) is 2. The van der Waals surface area contributed by atoms with E-state index in [9.17, 15) is 0 Å². The first-order chi connectivity index (χ1) is 7.63. The number of likely N-dealkylation sites (N-methyl/N-ethyl adjacent to an activating group) is 1. The Labute approximate surface area is 96.6 Å². The third-order valence-corrected chi connectivity index (χ3v) is 2.04. The molecule has 1 rings (SSSR count). The molecule has 0 aliphatic heterocycles. The number of pyridine rings is 1. The minimum atomic E-state index is 0.498. The molecular weight excluding hydrogens is 204 g/mol. The molecule has 0 aliphatic rings. The van der Waals surface area contributed by atoms with Crippen molar-refractivity contribution < 1.29 is 4.74 Å². The number of hydrogen-bond donors (Lipinski definition) is 2. The van der Waals surface area contributed by atoms with Gasteiger partial charge >= 0.3 is 0 Å². The zero-order valence-electron chi connectivity index (χ0n) is 10.2. The third-order valence-electron chi connectivity index (χ3n) is 2.04. The largest absolute Gasteiger partial charge is 0.476 e. The van der Waals surface area contributed by atoms with Gasteiger partial charge in [0, 0.05) is 13.1 Å². The van der Waals surface area contributed by atoms with Crippen LogP contribution >= 0.6 is 0 Å². The Morgan fingerprint density at radius 3 is 2.81 bits per heavy atom. The molecule has 90 valence electrons. The molecule has 1 aromatic heterocycles. The number of nitrogens with two attached hydrogens (primary N) is 1. The Bertz CT molecular complexity index is 328. The quantitative estimate of drug-likeness (QED) is 0.756. The molecule has 0 unspecified atom stereocenters. The van der Waals surface area contributed by atoms with Crippen LogP contribution in [0.4, 0.5) is 11.5 Å². The monoisotopic (exact) mass is 224 g/mol. The summed E-state index contributed by atoms with van der Waals surface area (Å²) in [7, 11) is 4.06. The van der Waals surface area contributed by atoms with Gasteiger partial charge in [0.25, 0.3) is 0 Å². The number of hydrogen-bond acceptors (Lipinski definition) is 5. The number of aromatic nitrogens is 1. The molecule has 0 radical (unpaired) electrons. The fourth-order valence-electron chi connectivity index (χ4n) is 1.21. The van der Waals surface area contributed by atoms with Crippen LogP contribution in [0, 0.1) is 0 Å². The Morgan fingerprint density at radius 2 is 2.19 bits per heavy atom. The molecule has 16 heavy (non-hydrogen) atoms. The van der Waals surface area contributed by atoms with Gasteiger partial charge in [-0.1, -0.05) is 0 Å². The van der Waals surface area contributed by atoms with E-state index in [0.717, 1.165) is 18.9 Å². The lowest BCUT2D eigenvalue weighted by atomic mass is 10.4. The molecule has 1 heterocycles. The van der Waals surface area contributed by atoms with Crippen LogP contribution in [-0.2, 0) is 0 Å². The van der Waals surface area contributed by atoms with E-state index in [2.05, 4.69) is 15.2 Å². The Balaban J connectivity index is 2.56. The van der Waals surface area contributed by atoms with E-state index in [1.54, 1.807) is 6.07 Å². The van der Waals surface area contributed by atoms with E-state index >= 15 is 0 Å². The molecule has 0 amide bonds. The summed E-state index contributed by atoms with van der Waals surface area (Å²) >= 11 is 0. The van der Waals surface area contributed by atoms with Gasteiger partial charge in [-0.05, 0) is 33.2 Å². The SMILES string of the molecule is CCOc1nc(NCCN(C)C)ccc1N. The smallest absolute Gasteiger partial charge is 0.239 e. The van der Waals surface area contributed by atoms with Crippen molar-refractivity contribution in [2.75, 3.05) is 44.8 Å². The highest BCUT2D eigenvalue weighted by Gasteiger charge is 2.03. The van der Waals surface area contributed by atoms with Crippen molar-refractivity contribution in [1.82, 2.24) is 9.88 Å². The summed E-state index contributed by atoms with van der Waals surface area (Å²) in [6.07, 6.45) is 0. The van der Waals surface area contributed by atoms with Gasteiger partial charge in [0.1, 0.15) is 5.82 Å².